The van der Waals surface area contributed by atoms with Crippen molar-refractivity contribution in [2.75, 3.05) is 19.6 Å². The van der Waals surface area contributed by atoms with Gasteiger partial charge in [-0.05, 0) is 64.2 Å². The van der Waals surface area contributed by atoms with E-state index in [4.69, 9.17) is 21.1 Å². The van der Waals surface area contributed by atoms with E-state index < -0.39 is 0 Å². The molecule has 0 unspecified atom stereocenters. The largest absolute Gasteiger partial charge is 0.361 e. The van der Waals surface area contributed by atoms with Crippen LogP contribution in [0.25, 0.3) is 0 Å². The zero-order chi connectivity index (χ0) is 19.3. The molecule has 1 fully saturated rings. The number of aryl methyl sites for hydroxylation is 2. The summed E-state index contributed by atoms with van der Waals surface area (Å²) in [6.45, 7) is 8.55. The van der Waals surface area contributed by atoms with Crippen molar-refractivity contribution in [3.63, 3.8) is 0 Å². The van der Waals surface area contributed by atoms with Crippen molar-refractivity contribution < 1.29 is 4.52 Å². The Morgan fingerprint density at radius 2 is 2.11 bits per heavy atom. The molecule has 1 aromatic heterocycles. The first-order valence-corrected chi connectivity index (χ1v) is 10.1. The van der Waals surface area contributed by atoms with Gasteiger partial charge in [0.1, 0.15) is 5.76 Å². The Morgan fingerprint density at radius 3 is 2.74 bits per heavy atom. The van der Waals surface area contributed by atoms with Gasteiger partial charge in [-0.1, -0.05) is 28.9 Å². The smallest absolute Gasteiger partial charge is 0.191 e. The number of nitrogens with one attached hydrogen (secondary N) is 2. The summed E-state index contributed by atoms with van der Waals surface area (Å²) in [5.74, 6) is 1.80. The summed E-state index contributed by atoms with van der Waals surface area (Å²) in [5.41, 5.74) is 3.67. The molecule has 3 rings (SSSR count). The molecule has 6 heteroatoms. The van der Waals surface area contributed by atoms with Gasteiger partial charge in [-0.15, -0.1) is 0 Å². The van der Waals surface area contributed by atoms with E-state index in [-0.39, 0.29) is 5.41 Å². The van der Waals surface area contributed by atoms with Gasteiger partial charge in [0.25, 0.3) is 0 Å². The summed E-state index contributed by atoms with van der Waals surface area (Å²) in [4.78, 5) is 4.84. The Kier molecular flexibility index (Phi) is 6.42. The molecule has 1 heterocycles. The van der Waals surface area contributed by atoms with Crippen LogP contribution in [0.1, 0.15) is 48.8 Å². The number of aromatic nitrogens is 1. The summed E-state index contributed by atoms with van der Waals surface area (Å²) in [6.07, 6.45) is 4.30. The fourth-order valence-corrected chi connectivity index (χ4v) is 3.60. The highest BCUT2D eigenvalue weighted by molar-refractivity contribution is 6.30. The second kappa shape index (κ2) is 8.79. The zero-order valence-electron chi connectivity index (χ0n) is 16.4. The molecule has 146 valence electrons. The zero-order valence-corrected chi connectivity index (χ0v) is 17.2. The molecule has 1 saturated carbocycles. The van der Waals surface area contributed by atoms with Gasteiger partial charge in [0.05, 0.1) is 12.2 Å². The van der Waals surface area contributed by atoms with Crippen LogP contribution < -0.4 is 10.6 Å². The van der Waals surface area contributed by atoms with Gasteiger partial charge in [-0.3, -0.25) is 4.99 Å². The summed E-state index contributed by atoms with van der Waals surface area (Å²) < 4.78 is 5.23. The molecule has 1 aromatic carbocycles. The van der Waals surface area contributed by atoms with E-state index in [2.05, 4.69) is 34.8 Å². The highest BCUT2D eigenvalue weighted by Gasteiger charge is 2.44. The molecule has 5 nitrogen and oxygen atoms in total. The number of hydrogen-bond donors (Lipinski definition) is 2. The highest BCUT2D eigenvalue weighted by atomic mass is 35.5. The number of rotatable bonds is 8. The molecule has 1 aliphatic rings. The van der Waals surface area contributed by atoms with Gasteiger partial charge in [-0.2, -0.15) is 0 Å². The Hall–Kier alpha value is -2.01. The number of benzene rings is 1. The lowest BCUT2D eigenvalue weighted by atomic mass is 9.96. The Morgan fingerprint density at radius 1 is 1.30 bits per heavy atom. The van der Waals surface area contributed by atoms with Crippen LogP contribution >= 0.6 is 11.6 Å². The van der Waals surface area contributed by atoms with E-state index in [0.29, 0.717) is 0 Å². The van der Waals surface area contributed by atoms with E-state index in [1.165, 1.54) is 24.0 Å². The number of aliphatic imine (C=N–C) groups is 1. The van der Waals surface area contributed by atoms with E-state index in [9.17, 15) is 0 Å². The highest BCUT2D eigenvalue weighted by Crippen LogP contribution is 2.48. The number of halogens is 1. The monoisotopic (exact) mass is 388 g/mol. The van der Waals surface area contributed by atoms with E-state index in [0.717, 1.165) is 54.9 Å². The average Bonchev–Trinajstić information content (AvgIpc) is 3.38. The Balaban J connectivity index is 1.54. The summed E-state index contributed by atoms with van der Waals surface area (Å²) in [6, 6.07) is 8.20. The number of hydrogen-bond acceptors (Lipinski definition) is 3. The van der Waals surface area contributed by atoms with Gasteiger partial charge >= 0.3 is 0 Å². The van der Waals surface area contributed by atoms with Crippen LogP contribution in [0, 0.1) is 13.8 Å². The first-order valence-electron chi connectivity index (χ1n) is 9.74. The summed E-state index contributed by atoms with van der Waals surface area (Å²) in [5, 5.41) is 11.6. The minimum Gasteiger partial charge on any atom is -0.361 e. The molecule has 2 aromatic rings. The van der Waals surface area contributed by atoms with Gasteiger partial charge in [0, 0.05) is 29.1 Å². The predicted molar refractivity (Wildman–Crippen MR) is 111 cm³/mol. The maximum absolute atomic E-state index is 6.17. The van der Waals surface area contributed by atoms with E-state index in [1.807, 2.05) is 26.0 Å². The normalized spacial score (nSPS) is 15.6. The van der Waals surface area contributed by atoms with Crippen LogP contribution in [0.2, 0.25) is 5.02 Å². The fraction of sp³-hybridized carbons (Fsp3) is 0.524. The van der Waals surface area contributed by atoms with Crippen molar-refractivity contribution in [2.45, 2.75) is 51.9 Å². The predicted octanol–water partition coefficient (Wildman–Crippen LogP) is 4.16. The average molecular weight is 389 g/mol. The maximum Gasteiger partial charge on any atom is 0.191 e. The minimum atomic E-state index is 0.157. The van der Waals surface area contributed by atoms with Gasteiger partial charge in [0.2, 0.25) is 0 Å². The van der Waals surface area contributed by atoms with Crippen molar-refractivity contribution in [1.29, 1.82) is 0 Å². The van der Waals surface area contributed by atoms with Crippen LogP contribution in [-0.2, 0) is 11.8 Å². The third-order valence-corrected chi connectivity index (χ3v) is 5.49. The lowest BCUT2D eigenvalue weighted by Gasteiger charge is -2.16. The number of nitrogens with zero attached hydrogens (tertiary/aromatic N) is 2. The minimum absolute atomic E-state index is 0.157. The van der Waals surface area contributed by atoms with Crippen molar-refractivity contribution >= 4 is 17.6 Å². The quantitative estimate of drug-likeness (QED) is 0.405. The van der Waals surface area contributed by atoms with Crippen molar-refractivity contribution in [1.82, 2.24) is 15.8 Å². The second-order valence-electron chi connectivity index (χ2n) is 7.32. The first kappa shape index (κ1) is 19.7. The molecule has 0 spiro atoms. The van der Waals surface area contributed by atoms with E-state index >= 15 is 0 Å². The topological polar surface area (TPSA) is 62.5 Å². The molecule has 0 saturated heterocycles. The van der Waals surface area contributed by atoms with Gasteiger partial charge in [-0.25, -0.2) is 0 Å². The molecule has 0 aliphatic heterocycles. The van der Waals surface area contributed by atoms with Crippen molar-refractivity contribution in [2.24, 2.45) is 4.99 Å². The van der Waals surface area contributed by atoms with Crippen molar-refractivity contribution in [3.8, 4) is 0 Å². The van der Waals surface area contributed by atoms with Crippen LogP contribution in [0.5, 0.6) is 0 Å². The van der Waals surface area contributed by atoms with Crippen LogP contribution in [-0.4, -0.2) is 30.8 Å². The van der Waals surface area contributed by atoms with Crippen LogP contribution in [0.4, 0.5) is 0 Å². The lowest BCUT2D eigenvalue weighted by molar-refractivity contribution is 0.392. The summed E-state index contributed by atoms with van der Waals surface area (Å²) >= 11 is 6.17. The Labute approximate surface area is 166 Å². The third-order valence-electron chi connectivity index (χ3n) is 5.25. The second-order valence-corrected chi connectivity index (χ2v) is 7.76. The fourth-order valence-electron chi connectivity index (χ4n) is 3.41. The standard InChI is InChI=1S/C21H29ClN4O/c1-4-23-20(24-12-6-9-19-15(2)26-27-16(19)3)25-14-21(10-11-21)17-7-5-8-18(22)13-17/h5,7-8,13H,4,6,9-12,14H2,1-3H3,(H2,23,24,25). The molecular weight excluding hydrogens is 360 g/mol. The molecule has 0 amide bonds. The Bertz CT molecular complexity index is 776. The van der Waals surface area contributed by atoms with E-state index in [1.54, 1.807) is 0 Å². The van der Waals surface area contributed by atoms with Crippen LogP contribution in [0.3, 0.4) is 0 Å². The van der Waals surface area contributed by atoms with Gasteiger partial charge < -0.3 is 15.2 Å². The molecule has 0 radical (unpaired) electrons. The number of guanidine groups is 1. The molecule has 27 heavy (non-hydrogen) atoms. The molecule has 1 aliphatic carbocycles. The molecule has 0 bridgehead atoms. The van der Waals surface area contributed by atoms with Gasteiger partial charge in [0.15, 0.2) is 5.96 Å². The third kappa shape index (κ3) is 5.04. The van der Waals surface area contributed by atoms with Crippen molar-refractivity contribution in [3.05, 3.63) is 51.9 Å². The molecular formula is C21H29ClN4O. The lowest BCUT2D eigenvalue weighted by Crippen LogP contribution is -2.38. The first-order chi connectivity index (χ1) is 13.0. The van der Waals surface area contributed by atoms with Crippen LogP contribution in [0.15, 0.2) is 33.8 Å². The molecule has 2 N–H and O–H groups in total. The maximum atomic E-state index is 6.17. The SMILES string of the molecule is CCNC(=NCC1(c2cccc(Cl)c2)CC1)NCCCc1c(C)noc1C. The molecule has 0 atom stereocenters. The summed E-state index contributed by atoms with van der Waals surface area (Å²) in [7, 11) is 0.